The fourth-order valence-electron chi connectivity index (χ4n) is 1.70. The number of aromatic nitrogens is 2. The van der Waals surface area contributed by atoms with Crippen LogP contribution < -0.4 is 5.32 Å². The summed E-state index contributed by atoms with van der Waals surface area (Å²) in [4.78, 5) is 0. The zero-order valence-electron chi connectivity index (χ0n) is 11.2. The molecule has 0 saturated heterocycles. The highest BCUT2D eigenvalue weighted by Gasteiger charge is 2.12. The molecule has 1 aromatic heterocycles. The highest BCUT2D eigenvalue weighted by molar-refractivity contribution is 5.47. The zero-order chi connectivity index (χ0) is 12.7. The molecule has 98 valence electrons. The summed E-state index contributed by atoms with van der Waals surface area (Å²) in [5.74, 6) is 1.04. The molecule has 0 bridgehead atoms. The first-order valence-corrected chi connectivity index (χ1v) is 6.12. The Kier molecular flexibility index (Phi) is 6.00. The fraction of sp³-hybridized carbons (Fsp3) is 0.750. The second-order valence-electron chi connectivity index (χ2n) is 3.82. The first kappa shape index (κ1) is 14.0. The minimum Gasteiger partial charge on any atom is -0.379 e. The first-order valence-electron chi connectivity index (χ1n) is 6.12. The molecule has 0 aliphatic heterocycles. The summed E-state index contributed by atoms with van der Waals surface area (Å²) in [5.41, 5.74) is 2.14. The normalized spacial score (nSPS) is 10.8. The van der Waals surface area contributed by atoms with Gasteiger partial charge in [-0.25, -0.2) is 0 Å². The van der Waals surface area contributed by atoms with E-state index in [1.807, 2.05) is 25.6 Å². The monoisotopic (exact) mass is 241 g/mol. The third kappa shape index (κ3) is 4.02. The lowest BCUT2D eigenvalue weighted by Crippen LogP contribution is -2.08. The Morgan fingerprint density at radius 1 is 1.24 bits per heavy atom. The Balaban J connectivity index is 2.51. The van der Waals surface area contributed by atoms with E-state index in [2.05, 4.69) is 17.3 Å². The van der Waals surface area contributed by atoms with Crippen molar-refractivity contribution < 1.29 is 9.47 Å². The number of nitrogens with zero attached hydrogens (tertiary/aromatic N) is 2. The van der Waals surface area contributed by atoms with E-state index in [4.69, 9.17) is 9.47 Å². The average molecular weight is 241 g/mol. The van der Waals surface area contributed by atoms with E-state index in [0.717, 1.165) is 30.2 Å². The minimum absolute atomic E-state index is 0.578. The molecule has 0 amide bonds. The van der Waals surface area contributed by atoms with Gasteiger partial charge in [0.2, 0.25) is 0 Å². The standard InChI is InChI=1S/C12H23N3O2/c1-5-13-12-11(10(3)14-15(12)4)9-17-8-7-16-6-2/h13H,5-9H2,1-4H3. The maximum absolute atomic E-state index is 5.58. The molecule has 1 rings (SSSR count). The third-order valence-corrected chi connectivity index (χ3v) is 2.51. The van der Waals surface area contributed by atoms with Gasteiger partial charge >= 0.3 is 0 Å². The Bertz CT molecular complexity index is 337. The summed E-state index contributed by atoms with van der Waals surface area (Å²) in [6, 6.07) is 0. The molecule has 0 unspecified atom stereocenters. The van der Waals surface area contributed by atoms with Crippen molar-refractivity contribution in [2.75, 3.05) is 31.7 Å². The molecular formula is C12H23N3O2. The van der Waals surface area contributed by atoms with Gasteiger partial charge in [0.1, 0.15) is 5.82 Å². The van der Waals surface area contributed by atoms with Crippen molar-refractivity contribution in [1.29, 1.82) is 0 Å². The molecular weight excluding hydrogens is 218 g/mol. The van der Waals surface area contributed by atoms with Crippen LogP contribution in [0.3, 0.4) is 0 Å². The molecule has 0 aliphatic rings. The first-order chi connectivity index (χ1) is 8.20. The van der Waals surface area contributed by atoms with E-state index in [0.29, 0.717) is 19.8 Å². The topological polar surface area (TPSA) is 48.3 Å². The predicted octanol–water partition coefficient (Wildman–Crippen LogP) is 1.71. The minimum atomic E-state index is 0.578. The molecule has 1 aromatic rings. The van der Waals surface area contributed by atoms with Crippen molar-refractivity contribution in [1.82, 2.24) is 9.78 Å². The van der Waals surface area contributed by atoms with Crippen molar-refractivity contribution in [2.24, 2.45) is 7.05 Å². The van der Waals surface area contributed by atoms with Gasteiger partial charge in [-0.3, -0.25) is 4.68 Å². The van der Waals surface area contributed by atoms with Gasteiger partial charge in [0.25, 0.3) is 0 Å². The van der Waals surface area contributed by atoms with Gasteiger partial charge in [0.05, 0.1) is 25.5 Å². The van der Waals surface area contributed by atoms with Crippen LogP contribution in [0.2, 0.25) is 0 Å². The van der Waals surface area contributed by atoms with Crippen LogP contribution in [0.5, 0.6) is 0 Å². The highest BCUT2D eigenvalue weighted by atomic mass is 16.5. The lowest BCUT2D eigenvalue weighted by Gasteiger charge is -2.08. The molecule has 17 heavy (non-hydrogen) atoms. The smallest absolute Gasteiger partial charge is 0.129 e. The van der Waals surface area contributed by atoms with Gasteiger partial charge in [0.15, 0.2) is 0 Å². The van der Waals surface area contributed by atoms with E-state index in [9.17, 15) is 0 Å². The summed E-state index contributed by atoms with van der Waals surface area (Å²) in [5, 5.41) is 7.69. The molecule has 0 fully saturated rings. The number of rotatable bonds is 8. The maximum Gasteiger partial charge on any atom is 0.129 e. The van der Waals surface area contributed by atoms with E-state index in [1.54, 1.807) is 0 Å². The second-order valence-corrected chi connectivity index (χ2v) is 3.82. The third-order valence-electron chi connectivity index (χ3n) is 2.51. The van der Waals surface area contributed by atoms with Crippen LogP contribution in [0.25, 0.3) is 0 Å². The second kappa shape index (κ2) is 7.29. The number of ether oxygens (including phenoxy) is 2. The number of anilines is 1. The van der Waals surface area contributed by atoms with E-state index >= 15 is 0 Å². The molecule has 0 aromatic carbocycles. The fourth-order valence-corrected chi connectivity index (χ4v) is 1.70. The molecule has 5 nitrogen and oxygen atoms in total. The Morgan fingerprint density at radius 3 is 2.59 bits per heavy atom. The van der Waals surface area contributed by atoms with Gasteiger partial charge in [-0.05, 0) is 20.8 Å². The van der Waals surface area contributed by atoms with Crippen LogP contribution in [0.1, 0.15) is 25.1 Å². The number of nitrogens with one attached hydrogen (secondary N) is 1. The van der Waals surface area contributed by atoms with Gasteiger partial charge in [-0.1, -0.05) is 0 Å². The summed E-state index contributed by atoms with van der Waals surface area (Å²) in [6.45, 7) is 9.51. The number of aryl methyl sites for hydroxylation is 2. The predicted molar refractivity (Wildman–Crippen MR) is 68.3 cm³/mol. The van der Waals surface area contributed by atoms with E-state index < -0.39 is 0 Å². The zero-order valence-corrected chi connectivity index (χ0v) is 11.2. The van der Waals surface area contributed by atoms with Crippen molar-refractivity contribution in [3.8, 4) is 0 Å². The van der Waals surface area contributed by atoms with Gasteiger partial charge in [0, 0.05) is 25.8 Å². The number of hydrogen-bond donors (Lipinski definition) is 1. The van der Waals surface area contributed by atoms with Gasteiger partial charge in [-0.2, -0.15) is 5.10 Å². The molecule has 0 aliphatic carbocycles. The molecule has 0 spiro atoms. The van der Waals surface area contributed by atoms with E-state index in [1.165, 1.54) is 0 Å². The lowest BCUT2D eigenvalue weighted by molar-refractivity contribution is 0.0453. The van der Waals surface area contributed by atoms with Gasteiger partial charge in [-0.15, -0.1) is 0 Å². The molecule has 5 heteroatoms. The van der Waals surface area contributed by atoms with Crippen molar-refractivity contribution >= 4 is 5.82 Å². The summed E-state index contributed by atoms with van der Waals surface area (Å²) >= 11 is 0. The Labute approximate surface area is 103 Å². The average Bonchev–Trinajstić information content (AvgIpc) is 2.56. The lowest BCUT2D eigenvalue weighted by atomic mass is 10.2. The summed E-state index contributed by atoms with van der Waals surface area (Å²) < 4.78 is 12.7. The highest BCUT2D eigenvalue weighted by Crippen LogP contribution is 2.19. The Hall–Kier alpha value is -1.07. The molecule has 1 N–H and O–H groups in total. The van der Waals surface area contributed by atoms with Crippen LogP contribution in [-0.2, 0) is 23.1 Å². The van der Waals surface area contributed by atoms with Crippen molar-refractivity contribution in [2.45, 2.75) is 27.4 Å². The van der Waals surface area contributed by atoms with Crippen LogP contribution in [-0.4, -0.2) is 36.1 Å². The SMILES string of the molecule is CCNc1c(COCCOCC)c(C)nn1C. The summed E-state index contributed by atoms with van der Waals surface area (Å²) in [7, 11) is 1.94. The number of hydrogen-bond acceptors (Lipinski definition) is 4. The molecule has 0 saturated carbocycles. The molecule has 1 heterocycles. The van der Waals surface area contributed by atoms with Crippen molar-refractivity contribution in [3.05, 3.63) is 11.3 Å². The quantitative estimate of drug-likeness (QED) is 0.704. The van der Waals surface area contributed by atoms with Crippen molar-refractivity contribution in [3.63, 3.8) is 0 Å². The van der Waals surface area contributed by atoms with Crippen LogP contribution in [0.15, 0.2) is 0 Å². The van der Waals surface area contributed by atoms with Gasteiger partial charge < -0.3 is 14.8 Å². The largest absolute Gasteiger partial charge is 0.379 e. The van der Waals surface area contributed by atoms with Crippen LogP contribution >= 0.6 is 0 Å². The molecule has 0 radical (unpaired) electrons. The van der Waals surface area contributed by atoms with E-state index in [-0.39, 0.29) is 0 Å². The molecule has 0 atom stereocenters. The summed E-state index contributed by atoms with van der Waals surface area (Å²) in [6.07, 6.45) is 0. The van der Waals surface area contributed by atoms with Crippen LogP contribution in [0.4, 0.5) is 5.82 Å². The van der Waals surface area contributed by atoms with Crippen LogP contribution in [0, 0.1) is 6.92 Å². The maximum atomic E-state index is 5.58. The Morgan fingerprint density at radius 2 is 1.94 bits per heavy atom.